The lowest BCUT2D eigenvalue weighted by molar-refractivity contribution is -0.173. The van der Waals surface area contributed by atoms with Gasteiger partial charge in [-0.05, 0) is 25.1 Å². The summed E-state index contributed by atoms with van der Waals surface area (Å²) in [6.07, 6.45) is -0.573. The molecule has 5 nitrogen and oxygen atoms in total. The number of cyclic esters (lactones) is 1. The molecular formula is C13H12ClF2NO4. The van der Waals surface area contributed by atoms with E-state index >= 15 is 0 Å². The van der Waals surface area contributed by atoms with Crippen LogP contribution in [0.15, 0.2) is 18.2 Å². The highest BCUT2D eigenvalue weighted by Crippen LogP contribution is 2.37. The third kappa shape index (κ3) is 2.92. The van der Waals surface area contributed by atoms with E-state index in [0.29, 0.717) is 12.2 Å². The van der Waals surface area contributed by atoms with Gasteiger partial charge in [-0.15, -0.1) is 0 Å². The first-order valence-electron chi connectivity index (χ1n) is 6.17. The maximum Gasteiger partial charge on any atom is 0.414 e. The zero-order valence-corrected chi connectivity index (χ0v) is 11.8. The van der Waals surface area contributed by atoms with Crippen molar-refractivity contribution in [2.45, 2.75) is 12.8 Å². The molecule has 0 atom stereocenters. The van der Waals surface area contributed by atoms with Gasteiger partial charge in [-0.25, -0.2) is 9.59 Å². The van der Waals surface area contributed by atoms with E-state index in [2.05, 4.69) is 4.74 Å². The number of ether oxygens (including phenoxy) is 2. The number of benzene rings is 1. The van der Waals surface area contributed by atoms with Crippen molar-refractivity contribution in [1.29, 1.82) is 0 Å². The molecule has 1 saturated heterocycles. The second kappa shape index (κ2) is 5.85. The second-order valence-corrected chi connectivity index (χ2v) is 4.63. The SMILES string of the molecule is CCOC(=O)C(F)(F)c1ccc(N2CCOC2=O)cc1Cl. The van der Waals surface area contributed by atoms with E-state index < -0.39 is 23.5 Å². The maximum absolute atomic E-state index is 13.9. The number of carbonyl (C=O) groups is 2. The summed E-state index contributed by atoms with van der Waals surface area (Å²) in [5.74, 6) is -5.52. The topological polar surface area (TPSA) is 55.8 Å². The third-order valence-corrected chi connectivity index (χ3v) is 3.21. The van der Waals surface area contributed by atoms with Crippen molar-refractivity contribution in [2.75, 3.05) is 24.7 Å². The Hall–Kier alpha value is -1.89. The lowest BCUT2D eigenvalue weighted by Gasteiger charge is -2.18. The number of carbonyl (C=O) groups excluding carboxylic acids is 2. The van der Waals surface area contributed by atoms with Crippen LogP contribution in [0, 0.1) is 0 Å². The summed E-state index contributed by atoms with van der Waals surface area (Å²) >= 11 is 5.82. The van der Waals surface area contributed by atoms with Gasteiger partial charge in [-0.1, -0.05) is 11.6 Å². The van der Waals surface area contributed by atoms with Gasteiger partial charge < -0.3 is 9.47 Å². The van der Waals surface area contributed by atoms with Crippen LogP contribution >= 0.6 is 11.6 Å². The van der Waals surface area contributed by atoms with Crippen molar-refractivity contribution in [2.24, 2.45) is 0 Å². The molecule has 0 aromatic heterocycles. The summed E-state index contributed by atoms with van der Waals surface area (Å²) in [6, 6.07) is 3.47. The van der Waals surface area contributed by atoms with E-state index in [-0.39, 0.29) is 18.2 Å². The first-order valence-corrected chi connectivity index (χ1v) is 6.55. The largest absolute Gasteiger partial charge is 0.461 e. The minimum Gasteiger partial charge on any atom is -0.461 e. The molecule has 1 amide bonds. The normalized spacial score (nSPS) is 15.0. The number of anilines is 1. The number of esters is 1. The van der Waals surface area contributed by atoms with Crippen molar-refractivity contribution in [3.05, 3.63) is 28.8 Å². The molecular weight excluding hydrogens is 308 g/mol. The Bertz CT molecular complexity index is 579. The van der Waals surface area contributed by atoms with Crippen molar-refractivity contribution in [3.63, 3.8) is 0 Å². The van der Waals surface area contributed by atoms with Gasteiger partial charge in [0.2, 0.25) is 0 Å². The minimum atomic E-state index is -3.85. The van der Waals surface area contributed by atoms with E-state index in [0.717, 1.165) is 6.07 Å². The van der Waals surface area contributed by atoms with Crippen LogP contribution in [0.3, 0.4) is 0 Å². The fraction of sp³-hybridized carbons (Fsp3) is 0.385. The average molecular weight is 320 g/mol. The standard InChI is InChI=1S/C13H12ClF2NO4/c1-2-20-11(18)13(15,16)9-4-3-8(7-10(9)14)17-5-6-21-12(17)19/h3-4,7H,2,5-6H2,1H3. The maximum atomic E-state index is 13.9. The lowest BCUT2D eigenvalue weighted by Crippen LogP contribution is -2.29. The number of hydrogen-bond donors (Lipinski definition) is 0. The Balaban J connectivity index is 2.31. The molecule has 1 aliphatic rings. The first kappa shape index (κ1) is 15.5. The molecule has 0 aliphatic carbocycles. The quantitative estimate of drug-likeness (QED) is 0.801. The smallest absolute Gasteiger partial charge is 0.414 e. The van der Waals surface area contributed by atoms with Crippen LogP contribution < -0.4 is 4.90 Å². The summed E-state index contributed by atoms with van der Waals surface area (Å²) in [4.78, 5) is 24.0. The zero-order chi connectivity index (χ0) is 15.6. The molecule has 0 N–H and O–H groups in total. The molecule has 0 radical (unpaired) electrons. The third-order valence-electron chi connectivity index (χ3n) is 2.90. The van der Waals surface area contributed by atoms with E-state index in [9.17, 15) is 18.4 Å². The molecule has 21 heavy (non-hydrogen) atoms. The molecule has 0 bridgehead atoms. The van der Waals surface area contributed by atoms with Crippen LogP contribution in [0.25, 0.3) is 0 Å². The molecule has 1 heterocycles. The van der Waals surface area contributed by atoms with Gasteiger partial charge in [-0.3, -0.25) is 4.90 Å². The Morgan fingerprint density at radius 3 is 2.76 bits per heavy atom. The van der Waals surface area contributed by atoms with Crippen LogP contribution in [0.5, 0.6) is 0 Å². The van der Waals surface area contributed by atoms with Gasteiger partial charge in [0, 0.05) is 5.69 Å². The fourth-order valence-corrected chi connectivity index (χ4v) is 2.18. The number of hydrogen-bond acceptors (Lipinski definition) is 4. The van der Waals surface area contributed by atoms with Gasteiger partial charge in [0.1, 0.15) is 6.61 Å². The molecule has 1 aromatic rings. The molecule has 8 heteroatoms. The highest BCUT2D eigenvalue weighted by atomic mass is 35.5. The number of halogens is 3. The van der Waals surface area contributed by atoms with Crippen LogP contribution in [-0.2, 0) is 20.2 Å². The van der Waals surface area contributed by atoms with E-state index in [1.54, 1.807) is 0 Å². The van der Waals surface area contributed by atoms with Gasteiger partial charge in [0.15, 0.2) is 0 Å². The van der Waals surface area contributed by atoms with Crippen molar-refractivity contribution in [1.82, 2.24) is 0 Å². The molecule has 2 rings (SSSR count). The molecule has 1 aromatic carbocycles. The molecule has 1 aliphatic heterocycles. The predicted molar refractivity (Wildman–Crippen MR) is 70.7 cm³/mol. The van der Waals surface area contributed by atoms with Crippen molar-refractivity contribution < 1.29 is 27.8 Å². The monoisotopic (exact) mass is 319 g/mol. The van der Waals surface area contributed by atoms with Crippen LogP contribution in [-0.4, -0.2) is 31.8 Å². The summed E-state index contributed by atoms with van der Waals surface area (Å²) < 4.78 is 36.9. The van der Waals surface area contributed by atoms with Crippen molar-refractivity contribution >= 4 is 29.4 Å². The summed E-state index contributed by atoms with van der Waals surface area (Å²) in [5.41, 5.74) is -0.343. The highest BCUT2D eigenvalue weighted by Gasteiger charge is 2.44. The molecule has 0 saturated carbocycles. The fourth-order valence-electron chi connectivity index (χ4n) is 1.89. The van der Waals surface area contributed by atoms with E-state index in [1.807, 2.05) is 0 Å². The molecule has 0 unspecified atom stereocenters. The number of alkyl halides is 2. The van der Waals surface area contributed by atoms with Crippen LogP contribution in [0.1, 0.15) is 12.5 Å². The Morgan fingerprint density at radius 2 is 2.24 bits per heavy atom. The van der Waals surface area contributed by atoms with Gasteiger partial charge in [0.05, 0.1) is 23.7 Å². The van der Waals surface area contributed by atoms with Crippen molar-refractivity contribution in [3.8, 4) is 0 Å². The van der Waals surface area contributed by atoms with E-state index in [1.165, 1.54) is 24.0 Å². The van der Waals surface area contributed by atoms with Crippen LogP contribution in [0.4, 0.5) is 19.3 Å². The zero-order valence-electron chi connectivity index (χ0n) is 11.1. The Morgan fingerprint density at radius 1 is 1.52 bits per heavy atom. The Kier molecular flexibility index (Phi) is 4.32. The Labute approximate surface area is 124 Å². The van der Waals surface area contributed by atoms with E-state index in [4.69, 9.17) is 16.3 Å². The van der Waals surface area contributed by atoms with Gasteiger partial charge in [0.25, 0.3) is 0 Å². The van der Waals surface area contributed by atoms with Gasteiger partial charge >= 0.3 is 18.0 Å². The molecule has 114 valence electrons. The predicted octanol–water partition coefficient (Wildman–Crippen LogP) is 2.95. The summed E-state index contributed by atoms with van der Waals surface area (Å²) in [6.45, 7) is 1.79. The van der Waals surface area contributed by atoms with Gasteiger partial charge in [-0.2, -0.15) is 8.78 Å². The number of rotatable bonds is 4. The lowest BCUT2D eigenvalue weighted by atomic mass is 10.1. The highest BCUT2D eigenvalue weighted by molar-refractivity contribution is 6.32. The molecule has 0 spiro atoms. The first-order chi connectivity index (χ1) is 9.87. The summed E-state index contributed by atoms with van der Waals surface area (Å²) in [5, 5.41) is -0.328. The minimum absolute atomic E-state index is 0.163. The second-order valence-electron chi connectivity index (χ2n) is 4.23. The van der Waals surface area contributed by atoms with Crippen LogP contribution in [0.2, 0.25) is 5.02 Å². The average Bonchev–Trinajstić information content (AvgIpc) is 2.84. The summed E-state index contributed by atoms with van der Waals surface area (Å²) in [7, 11) is 0. The number of nitrogens with zero attached hydrogens (tertiary/aromatic N) is 1. The number of amides is 1. The molecule has 1 fully saturated rings.